The molecule has 1 unspecified atom stereocenters. The first kappa shape index (κ1) is 13.3. The Kier molecular flexibility index (Phi) is 2.88. The molecule has 4 aliphatic rings. The number of amides is 1. The number of carbonyl (C=O) groups excluding carboxylic acids is 1. The lowest BCUT2D eigenvalue weighted by Gasteiger charge is -2.59. The summed E-state index contributed by atoms with van der Waals surface area (Å²) in [6.45, 7) is 4.00. The average Bonchev–Trinajstić information content (AvgIpc) is 2.84. The number of nitrogens with zero attached hydrogens (tertiary/aromatic N) is 2. The van der Waals surface area contributed by atoms with Crippen molar-refractivity contribution in [1.82, 2.24) is 20.5 Å². The van der Waals surface area contributed by atoms with Gasteiger partial charge in [-0.25, -0.2) is 4.98 Å². The number of nitrogens with one attached hydrogen (secondary N) is 2. The molecule has 4 saturated carbocycles. The zero-order valence-corrected chi connectivity index (χ0v) is 12.9. The van der Waals surface area contributed by atoms with Gasteiger partial charge in [-0.2, -0.15) is 0 Å². The molecule has 4 bridgehead atoms. The van der Waals surface area contributed by atoms with Crippen molar-refractivity contribution in [2.45, 2.75) is 58.4 Å². The summed E-state index contributed by atoms with van der Waals surface area (Å²) in [6, 6.07) is 0.220. The van der Waals surface area contributed by atoms with E-state index < -0.39 is 0 Å². The zero-order valence-electron chi connectivity index (χ0n) is 12.9. The van der Waals surface area contributed by atoms with Crippen molar-refractivity contribution in [2.75, 3.05) is 0 Å². The van der Waals surface area contributed by atoms with Gasteiger partial charge >= 0.3 is 0 Å². The minimum absolute atomic E-state index is 0.136. The topological polar surface area (TPSA) is 70.7 Å². The molecule has 0 saturated heterocycles. The summed E-state index contributed by atoms with van der Waals surface area (Å²) in [6.07, 6.45) is 8.19. The van der Waals surface area contributed by atoms with Crippen LogP contribution in [0.15, 0.2) is 0 Å². The van der Waals surface area contributed by atoms with Crippen LogP contribution in [-0.2, 0) is 0 Å². The van der Waals surface area contributed by atoms with Crippen molar-refractivity contribution >= 4 is 5.91 Å². The molecule has 114 valence electrons. The van der Waals surface area contributed by atoms with Crippen LogP contribution < -0.4 is 5.32 Å². The van der Waals surface area contributed by atoms with E-state index in [1.807, 2.05) is 6.92 Å². The van der Waals surface area contributed by atoms with Gasteiger partial charge < -0.3 is 5.32 Å². The Morgan fingerprint density at radius 3 is 2.29 bits per heavy atom. The fourth-order valence-electron chi connectivity index (χ4n) is 5.57. The molecule has 1 aromatic rings. The third-order valence-corrected chi connectivity index (χ3v) is 6.15. The molecule has 5 heteroatoms. The van der Waals surface area contributed by atoms with Crippen molar-refractivity contribution in [3.63, 3.8) is 0 Å². The number of aryl methyl sites for hydroxylation is 1. The fourth-order valence-corrected chi connectivity index (χ4v) is 5.57. The molecule has 4 fully saturated rings. The third kappa shape index (κ3) is 2.17. The lowest BCUT2D eigenvalue weighted by atomic mass is 9.48. The van der Waals surface area contributed by atoms with E-state index >= 15 is 0 Å². The maximum Gasteiger partial charge on any atom is 0.291 e. The normalized spacial score (nSPS) is 38.5. The summed E-state index contributed by atoms with van der Waals surface area (Å²) in [7, 11) is 0. The van der Waals surface area contributed by atoms with Gasteiger partial charge in [0.2, 0.25) is 5.82 Å². The van der Waals surface area contributed by atoms with Gasteiger partial charge in [-0.1, -0.05) is 0 Å². The molecule has 0 spiro atoms. The first-order chi connectivity index (χ1) is 10.0. The van der Waals surface area contributed by atoms with Crippen LogP contribution in [0.3, 0.4) is 0 Å². The van der Waals surface area contributed by atoms with E-state index in [4.69, 9.17) is 0 Å². The molecule has 4 aliphatic carbocycles. The second kappa shape index (κ2) is 4.55. The summed E-state index contributed by atoms with van der Waals surface area (Å²) in [5.41, 5.74) is 0.329. The van der Waals surface area contributed by atoms with E-state index in [-0.39, 0.29) is 17.8 Å². The molecule has 1 atom stereocenters. The zero-order chi connectivity index (χ0) is 14.6. The molecule has 1 aromatic heterocycles. The molecule has 5 nitrogen and oxygen atoms in total. The molecule has 0 aliphatic heterocycles. The van der Waals surface area contributed by atoms with Crippen LogP contribution in [0.4, 0.5) is 0 Å². The van der Waals surface area contributed by atoms with Gasteiger partial charge in [-0.3, -0.25) is 9.89 Å². The monoisotopic (exact) mass is 288 g/mol. The molecule has 0 radical (unpaired) electrons. The SMILES string of the molecule is Cc1nc(C(=O)NC(C)C23CC4CC(CC(C4)C2)C3)n[nH]1. The smallest absolute Gasteiger partial charge is 0.291 e. The lowest BCUT2D eigenvalue weighted by molar-refractivity contribution is -0.0688. The second-order valence-electron chi connectivity index (χ2n) is 7.72. The number of H-pyrrole nitrogens is 1. The van der Waals surface area contributed by atoms with Crippen LogP contribution in [0.5, 0.6) is 0 Å². The lowest BCUT2D eigenvalue weighted by Crippen LogP contribution is -2.55. The highest BCUT2D eigenvalue weighted by atomic mass is 16.2. The third-order valence-electron chi connectivity index (χ3n) is 6.15. The molecule has 2 N–H and O–H groups in total. The van der Waals surface area contributed by atoms with Gasteiger partial charge in [0, 0.05) is 6.04 Å². The van der Waals surface area contributed by atoms with Crippen molar-refractivity contribution in [3.8, 4) is 0 Å². The summed E-state index contributed by atoms with van der Waals surface area (Å²) in [4.78, 5) is 16.4. The fraction of sp³-hybridized carbons (Fsp3) is 0.812. The summed E-state index contributed by atoms with van der Waals surface area (Å²) >= 11 is 0. The highest BCUT2D eigenvalue weighted by Crippen LogP contribution is 2.61. The maximum absolute atomic E-state index is 12.3. The summed E-state index contributed by atoms with van der Waals surface area (Å²) in [5, 5.41) is 9.89. The van der Waals surface area contributed by atoms with Crippen LogP contribution in [-0.4, -0.2) is 27.1 Å². The van der Waals surface area contributed by atoms with Crippen LogP contribution in [0.2, 0.25) is 0 Å². The predicted octanol–water partition coefficient (Wildman–Crippen LogP) is 2.45. The van der Waals surface area contributed by atoms with Crippen LogP contribution >= 0.6 is 0 Å². The van der Waals surface area contributed by atoms with E-state index in [0.29, 0.717) is 11.2 Å². The van der Waals surface area contributed by atoms with Crippen LogP contribution in [0.25, 0.3) is 0 Å². The molecule has 21 heavy (non-hydrogen) atoms. The largest absolute Gasteiger partial charge is 0.346 e. The van der Waals surface area contributed by atoms with E-state index in [2.05, 4.69) is 27.4 Å². The highest BCUT2D eigenvalue weighted by molar-refractivity contribution is 5.90. The first-order valence-corrected chi connectivity index (χ1v) is 8.24. The van der Waals surface area contributed by atoms with Crippen molar-refractivity contribution in [2.24, 2.45) is 23.2 Å². The second-order valence-corrected chi connectivity index (χ2v) is 7.72. The van der Waals surface area contributed by atoms with Crippen LogP contribution in [0, 0.1) is 30.1 Å². The average molecular weight is 288 g/mol. The van der Waals surface area contributed by atoms with Gasteiger partial charge in [0.05, 0.1) is 0 Å². The van der Waals surface area contributed by atoms with Gasteiger partial charge in [-0.05, 0) is 75.5 Å². The molecular weight excluding hydrogens is 264 g/mol. The quantitative estimate of drug-likeness (QED) is 0.897. The number of aromatic nitrogens is 3. The minimum atomic E-state index is -0.136. The van der Waals surface area contributed by atoms with Gasteiger partial charge in [-0.15, -0.1) is 5.10 Å². The van der Waals surface area contributed by atoms with Gasteiger partial charge in [0.25, 0.3) is 5.91 Å². The summed E-state index contributed by atoms with van der Waals surface area (Å²) in [5.74, 6) is 3.53. The Morgan fingerprint density at radius 1 is 1.24 bits per heavy atom. The number of carbonyl (C=O) groups is 1. The molecular formula is C16H24N4O. The van der Waals surface area contributed by atoms with Crippen molar-refractivity contribution in [1.29, 1.82) is 0 Å². The predicted molar refractivity (Wildman–Crippen MR) is 78.7 cm³/mol. The molecule has 0 aromatic carbocycles. The van der Waals surface area contributed by atoms with Crippen molar-refractivity contribution in [3.05, 3.63) is 11.6 Å². The summed E-state index contributed by atoms with van der Waals surface area (Å²) < 4.78 is 0. The van der Waals surface area contributed by atoms with Crippen LogP contribution in [0.1, 0.15) is 61.9 Å². The first-order valence-electron chi connectivity index (χ1n) is 8.24. The molecule has 5 rings (SSSR count). The Hall–Kier alpha value is -1.39. The van der Waals surface area contributed by atoms with E-state index in [9.17, 15) is 4.79 Å². The Bertz CT molecular complexity index is 529. The number of hydrogen-bond donors (Lipinski definition) is 2. The molecule has 1 heterocycles. The number of aromatic amines is 1. The minimum Gasteiger partial charge on any atom is -0.346 e. The maximum atomic E-state index is 12.3. The Balaban J connectivity index is 1.50. The molecule has 1 amide bonds. The van der Waals surface area contributed by atoms with E-state index in [0.717, 1.165) is 17.8 Å². The Morgan fingerprint density at radius 2 is 1.81 bits per heavy atom. The number of hydrogen-bond acceptors (Lipinski definition) is 3. The van der Waals surface area contributed by atoms with E-state index in [1.165, 1.54) is 38.5 Å². The van der Waals surface area contributed by atoms with Gasteiger partial charge in [0.15, 0.2) is 0 Å². The van der Waals surface area contributed by atoms with E-state index in [1.54, 1.807) is 0 Å². The Labute approximate surface area is 125 Å². The van der Waals surface area contributed by atoms with Gasteiger partial charge in [0.1, 0.15) is 5.82 Å². The number of rotatable bonds is 3. The van der Waals surface area contributed by atoms with Crippen molar-refractivity contribution < 1.29 is 4.79 Å². The standard InChI is InChI=1S/C16H24N4O/c1-9(17-15(21)14-18-10(2)19-20-14)16-6-11-3-12(7-16)5-13(4-11)8-16/h9,11-13H,3-8H2,1-2H3,(H,17,21)(H,18,19,20). The highest BCUT2D eigenvalue weighted by Gasteiger charge is 2.53.